The highest BCUT2D eigenvalue weighted by Crippen LogP contribution is 2.23. The number of likely N-dealkylation sites (N-methyl/N-ethyl adjacent to an activating group) is 1. The third-order valence-electron chi connectivity index (χ3n) is 3.93. The Morgan fingerprint density at radius 2 is 1.91 bits per heavy atom. The van der Waals surface area contributed by atoms with Gasteiger partial charge in [0.25, 0.3) is 0 Å². The maximum absolute atomic E-state index is 12.1. The van der Waals surface area contributed by atoms with E-state index in [1.807, 2.05) is 13.8 Å². The minimum Gasteiger partial charge on any atom is -0.354 e. The molecular formula is C15H24ClN5OS. The Hall–Kier alpha value is -1.05. The lowest BCUT2D eigenvalue weighted by atomic mass is 10.3. The number of carbonyl (C=O) groups is 1. The van der Waals surface area contributed by atoms with Gasteiger partial charge in [-0.1, -0.05) is 23.4 Å². The van der Waals surface area contributed by atoms with Gasteiger partial charge in [0.05, 0.1) is 5.75 Å². The summed E-state index contributed by atoms with van der Waals surface area (Å²) in [7, 11) is 2.12. The Kier molecular flexibility index (Phi) is 6.92. The highest BCUT2D eigenvalue weighted by molar-refractivity contribution is 7.99. The SMILES string of the molecule is CCN(CC)C(=O)CSc1nc(Cl)cc(N2CCN(C)CC2)n1. The van der Waals surface area contributed by atoms with Crippen molar-refractivity contribution in [2.75, 3.05) is 57.0 Å². The summed E-state index contributed by atoms with van der Waals surface area (Å²) in [6.45, 7) is 9.26. The van der Waals surface area contributed by atoms with Crippen molar-refractivity contribution >= 4 is 35.1 Å². The predicted octanol–water partition coefficient (Wildman–Crippen LogP) is 1.84. The highest BCUT2D eigenvalue weighted by atomic mass is 35.5. The van der Waals surface area contributed by atoms with Crippen molar-refractivity contribution in [3.05, 3.63) is 11.2 Å². The molecule has 1 amide bonds. The van der Waals surface area contributed by atoms with E-state index < -0.39 is 0 Å². The van der Waals surface area contributed by atoms with Crippen LogP contribution in [0.2, 0.25) is 5.15 Å². The summed E-state index contributed by atoms with van der Waals surface area (Å²) in [5.41, 5.74) is 0. The van der Waals surface area contributed by atoms with Crippen molar-refractivity contribution in [2.45, 2.75) is 19.0 Å². The van der Waals surface area contributed by atoms with Crippen LogP contribution in [0.25, 0.3) is 0 Å². The molecular weight excluding hydrogens is 334 g/mol. The fourth-order valence-corrected chi connectivity index (χ4v) is 3.43. The van der Waals surface area contributed by atoms with Gasteiger partial charge < -0.3 is 14.7 Å². The van der Waals surface area contributed by atoms with E-state index in [4.69, 9.17) is 11.6 Å². The van der Waals surface area contributed by atoms with Gasteiger partial charge in [0.1, 0.15) is 11.0 Å². The van der Waals surface area contributed by atoms with Gasteiger partial charge in [-0.15, -0.1) is 0 Å². The lowest BCUT2D eigenvalue weighted by Crippen LogP contribution is -2.44. The maximum Gasteiger partial charge on any atom is 0.233 e. The molecule has 0 radical (unpaired) electrons. The van der Waals surface area contributed by atoms with Gasteiger partial charge in [-0.05, 0) is 20.9 Å². The number of amides is 1. The van der Waals surface area contributed by atoms with Crippen molar-refractivity contribution in [1.82, 2.24) is 19.8 Å². The number of thioether (sulfide) groups is 1. The fraction of sp³-hybridized carbons (Fsp3) is 0.667. The van der Waals surface area contributed by atoms with Gasteiger partial charge >= 0.3 is 0 Å². The molecule has 0 atom stereocenters. The molecule has 2 rings (SSSR count). The van der Waals surface area contributed by atoms with Gasteiger partial charge in [0, 0.05) is 45.3 Å². The molecule has 1 saturated heterocycles. The Morgan fingerprint density at radius 1 is 1.26 bits per heavy atom. The quantitative estimate of drug-likeness (QED) is 0.440. The molecule has 0 unspecified atom stereocenters. The average molecular weight is 358 g/mol. The first-order valence-corrected chi connectivity index (χ1v) is 9.28. The van der Waals surface area contributed by atoms with Crippen LogP contribution in [0.3, 0.4) is 0 Å². The second-order valence-electron chi connectivity index (χ2n) is 5.48. The molecule has 1 aliphatic rings. The third-order valence-corrected chi connectivity index (χ3v) is 4.95. The molecule has 23 heavy (non-hydrogen) atoms. The summed E-state index contributed by atoms with van der Waals surface area (Å²) in [5.74, 6) is 1.28. The van der Waals surface area contributed by atoms with Crippen LogP contribution >= 0.6 is 23.4 Å². The van der Waals surface area contributed by atoms with E-state index in [0.717, 1.165) is 45.1 Å². The Morgan fingerprint density at radius 3 is 2.52 bits per heavy atom. The van der Waals surface area contributed by atoms with Gasteiger partial charge in [-0.2, -0.15) is 0 Å². The molecule has 1 aliphatic heterocycles. The molecule has 0 spiro atoms. The second kappa shape index (κ2) is 8.70. The number of piperazine rings is 1. The largest absolute Gasteiger partial charge is 0.354 e. The molecule has 0 aromatic carbocycles. The topological polar surface area (TPSA) is 52.6 Å². The van der Waals surface area contributed by atoms with Gasteiger partial charge in [0.15, 0.2) is 5.16 Å². The molecule has 1 aromatic rings. The molecule has 128 valence electrons. The lowest BCUT2D eigenvalue weighted by molar-refractivity contribution is -0.127. The zero-order valence-electron chi connectivity index (χ0n) is 14.0. The molecule has 2 heterocycles. The normalized spacial score (nSPS) is 15.7. The van der Waals surface area contributed by atoms with Crippen LogP contribution in [-0.4, -0.2) is 77.7 Å². The van der Waals surface area contributed by atoms with Crippen molar-refractivity contribution in [1.29, 1.82) is 0 Å². The van der Waals surface area contributed by atoms with Crippen molar-refractivity contribution in [3.8, 4) is 0 Å². The highest BCUT2D eigenvalue weighted by Gasteiger charge is 2.18. The molecule has 0 aliphatic carbocycles. The zero-order valence-corrected chi connectivity index (χ0v) is 15.5. The van der Waals surface area contributed by atoms with Gasteiger partial charge in [-0.25, -0.2) is 9.97 Å². The Bertz CT molecular complexity index is 533. The summed E-state index contributed by atoms with van der Waals surface area (Å²) >= 11 is 7.48. The molecule has 6 nitrogen and oxygen atoms in total. The van der Waals surface area contributed by atoms with Crippen LogP contribution in [-0.2, 0) is 4.79 Å². The minimum atomic E-state index is 0.102. The minimum absolute atomic E-state index is 0.102. The number of halogens is 1. The molecule has 0 saturated carbocycles. The number of anilines is 1. The number of carbonyl (C=O) groups excluding carboxylic acids is 1. The van der Waals surface area contributed by atoms with Crippen molar-refractivity contribution in [3.63, 3.8) is 0 Å². The van der Waals surface area contributed by atoms with Crippen molar-refractivity contribution in [2.24, 2.45) is 0 Å². The molecule has 1 aromatic heterocycles. The van der Waals surface area contributed by atoms with E-state index in [-0.39, 0.29) is 5.91 Å². The van der Waals surface area contributed by atoms with Crippen molar-refractivity contribution < 1.29 is 4.79 Å². The first-order valence-electron chi connectivity index (χ1n) is 7.92. The number of hydrogen-bond acceptors (Lipinski definition) is 6. The number of aromatic nitrogens is 2. The van der Waals surface area contributed by atoms with Gasteiger partial charge in [0.2, 0.25) is 5.91 Å². The van der Waals surface area contributed by atoms with Gasteiger partial charge in [-0.3, -0.25) is 4.79 Å². The van der Waals surface area contributed by atoms with E-state index in [2.05, 4.69) is 26.8 Å². The summed E-state index contributed by atoms with van der Waals surface area (Å²) in [4.78, 5) is 27.2. The number of hydrogen-bond donors (Lipinski definition) is 0. The Balaban J connectivity index is 2.01. The van der Waals surface area contributed by atoms with Crippen LogP contribution in [0.1, 0.15) is 13.8 Å². The lowest BCUT2D eigenvalue weighted by Gasteiger charge is -2.33. The van der Waals surface area contributed by atoms with E-state index in [9.17, 15) is 4.79 Å². The standard InChI is InChI=1S/C15H24ClN5OS/c1-4-20(5-2)14(22)11-23-15-17-12(16)10-13(18-15)21-8-6-19(3)7-9-21/h10H,4-9,11H2,1-3H3. The van der Waals surface area contributed by atoms with Crippen LogP contribution in [0.4, 0.5) is 5.82 Å². The van der Waals surface area contributed by atoms with Crippen LogP contribution in [0, 0.1) is 0 Å². The molecule has 1 fully saturated rings. The summed E-state index contributed by atoms with van der Waals surface area (Å²) in [6.07, 6.45) is 0. The maximum atomic E-state index is 12.1. The molecule has 0 N–H and O–H groups in total. The number of rotatable bonds is 6. The monoisotopic (exact) mass is 357 g/mol. The summed E-state index contributed by atoms with van der Waals surface area (Å²) in [6, 6.07) is 1.79. The summed E-state index contributed by atoms with van der Waals surface area (Å²) in [5, 5.41) is 0.985. The average Bonchev–Trinajstić information content (AvgIpc) is 2.54. The second-order valence-corrected chi connectivity index (χ2v) is 6.81. The molecule has 8 heteroatoms. The number of nitrogens with zero attached hydrogens (tertiary/aromatic N) is 5. The molecule has 0 bridgehead atoms. The predicted molar refractivity (Wildman–Crippen MR) is 95.4 cm³/mol. The zero-order chi connectivity index (χ0) is 16.8. The van der Waals surface area contributed by atoms with Crippen LogP contribution in [0.5, 0.6) is 0 Å². The first-order chi connectivity index (χ1) is 11.0. The fourth-order valence-electron chi connectivity index (χ4n) is 2.44. The smallest absolute Gasteiger partial charge is 0.233 e. The van der Waals surface area contributed by atoms with E-state index >= 15 is 0 Å². The van der Waals surface area contributed by atoms with E-state index in [1.54, 1.807) is 11.0 Å². The summed E-state index contributed by atoms with van der Waals surface area (Å²) < 4.78 is 0. The van der Waals surface area contributed by atoms with E-state index in [0.29, 0.717) is 16.1 Å². The van der Waals surface area contributed by atoms with Crippen LogP contribution in [0.15, 0.2) is 11.2 Å². The Labute approximate surface area is 147 Å². The first kappa shape index (κ1) is 18.3. The third kappa shape index (κ3) is 5.22. The van der Waals surface area contributed by atoms with Crippen LogP contribution < -0.4 is 4.90 Å². The van der Waals surface area contributed by atoms with E-state index in [1.165, 1.54) is 11.8 Å².